The number of esters is 1. The van der Waals surface area contributed by atoms with Gasteiger partial charge in [-0.15, -0.1) is 0 Å². The van der Waals surface area contributed by atoms with E-state index in [0.29, 0.717) is 25.4 Å². The van der Waals surface area contributed by atoms with Gasteiger partial charge in [0, 0.05) is 12.8 Å². The first-order chi connectivity index (χ1) is 12.6. The Balaban J connectivity index is 3.85. The molecule has 0 aromatic heterocycles. The summed E-state index contributed by atoms with van der Waals surface area (Å²) in [6.07, 6.45) is 16.7. The molecule has 0 aliphatic rings. The third-order valence-corrected chi connectivity index (χ3v) is 4.99. The van der Waals surface area contributed by atoms with Crippen LogP contribution in [0.5, 0.6) is 0 Å². The highest BCUT2D eigenvalue weighted by atomic mass is 16.5. The summed E-state index contributed by atoms with van der Waals surface area (Å²) >= 11 is 0. The molecule has 26 heavy (non-hydrogen) atoms. The van der Waals surface area contributed by atoms with Crippen molar-refractivity contribution in [2.45, 2.75) is 117 Å². The van der Waals surface area contributed by atoms with Crippen LogP contribution in [0, 0.1) is 5.92 Å². The van der Waals surface area contributed by atoms with Crippen LogP contribution in [0.3, 0.4) is 0 Å². The van der Waals surface area contributed by atoms with Crippen LogP contribution in [-0.4, -0.2) is 23.7 Å². The highest BCUT2D eigenvalue weighted by molar-refractivity contribution is 5.69. The van der Waals surface area contributed by atoms with Crippen molar-refractivity contribution < 1.29 is 19.4 Å². The Bertz CT molecular complexity index is 329. The highest BCUT2D eigenvalue weighted by Gasteiger charge is 2.10. The Morgan fingerprint density at radius 2 is 1.27 bits per heavy atom. The fourth-order valence-electron chi connectivity index (χ4n) is 3.29. The molecule has 0 unspecified atom stereocenters. The van der Waals surface area contributed by atoms with E-state index in [9.17, 15) is 9.59 Å². The Kier molecular flexibility index (Phi) is 18.0. The number of carbonyl (C=O) groups is 2. The summed E-state index contributed by atoms with van der Waals surface area (Å²) in [6, 6.07) is 0. The molecule has 4 heteroatoms. The van der Waals surface area contributed by atoms with Gasteiger partial charge >= 0.3 is 11.9 Å². The molecule has 0 aromatic carbocycles. The standard InChI is InChI=1S/C22H42O4/c1-3-5-7-10-14-20(15-11-8-6-4-2)18-19-26-22(25)17-13-9-12-16-21(23)24/h20H,3-19H2,1-2H3,(H,23,24). The largest absolute Gasteiger partial charge is 0.481 e. The van der Waals surface area contributed by atoms with Crippen LogP contribution < -0.4 is 0 Å². The second-order valence-electron chi connectivity index (χ2n) is 7.53. The van der Waals surface area contributed by atoms with E-state index in [-0.39, 0.29) is 12.4 Å². The maximum absolute atomic E-state index is 11.8. The summed E-state index contributed by atoms with van der Waals surface area (Å²) in [4.78, 5) is 22.2. The number of carboxylic acids is 1. The molecule has 0 atom stereocenters. The maximum atomic E-state index is 11.8. The minimum Gasteiger partial charge on any atom is -0.481 e. The van der Waals surface area contributed by atoms with E-state index in [1.807, 2.05) is 0 Å². The minimum absolute atomic E-state index is 0.129. The molecule has 0 saturated heterocycles. The van der Waals surface area contributed by atoms with Crippen LogP contribution in [0.1, 0.15) is 117 Å². The fraction of sp³-hybridized carbons (Fsp3) is 0.909. The van der Waals surface area contributed by atoms with Crippen molar-refractivity contribution in [1.29, 1.82) is 0 Å². The maximum Gasteiger partial charge on any atom is 0.305 e. The molecule has 0 amide bonds. The van der Waals surface area contributed by atoms with E-state index >= 15 is 0 Å². The number of ether oxygens (including phenoxy) is 1. The van der Waals surface area contributed by atoms with Crippen molar-refractivity contribution in [2.24, 2.45) is 5.92 Å². The van der Waals surface area contributed by atoms with Gasteiger partial charge in [0.15, 0.2) is 0 Å². The number of carbonyl (C=O) groups excluding carboxylic acids is 1. The summed E-state index contributed by atoms with van der Waals surface area (Å²) in [5.41, 5.74) is 0. The first-order valence-corrected chi connectivity index (χ1v) is 11.0. The van der Waals surface area contributed by atoms with Gasteiger partial charge in [0.25, 0.3) is 0 Å². The number of hydrogen-bond acceptors (Lipinski definition) is 3. The Hall–Kier alpha value is -1.06. The summed E-state index contributed by atoms with van der Waals surface area (Å²) in [5.74, 6) is -0.209. The van der Waals surface area contributed by atoms with E-state index in [4.69, 9.17) is 9.84 Å². The highest BCUT2D eigenvalue weighted by Crippen LogP contribution is 2.21. The molecule has 0 heterocycles. The lowest BCUT2D eigenvalue weighted by Gasteiger charge is -2.17. The molecule has 0 saturated carbocycles. The average molecular weight is 371 g/mol. The summed E-state index contributed by atoms with van der Waals surface area (Å²) < 4.78 is 5.40. The van der Waals surface area contributed by atoms with Crippen LogP contribution >= 0.6 is 0 Å². The monoisotopic (exact) mass is 370 g/mol. The zero-order valence-electron chi connectivity index (χ0n) is 17.3. The SMILES string of the molecule is CCCCCCC(CCCCCC)CCOC(=O)CCCCCC(=O)O. The summed E-state index contributed by atoms with van der Waals surface area (Å²) in [6.45, 7) is 5.02. The average Bonchev–Trinajstić information content (AvgIpc) is 2.61. The first kappa shape index (κ1) is 24.9. The van der Waals surface area contributed by atoms with Crippen LogP contribution in [0.4, 0.5) is 0 Å². The molecule has 0 fully saturated rings. The molecule has 4 nitrogen and oxygen atoms in total. The second-order valence-corrected chi connectivity index (χ2v) is 7.53. The molecule has 0 spiro atoms. The van der Waals surface area contributed by atoms with Gasteiger partial charge in [-0.2, -0.15) is 0 Å². The van der Waals surface area contributed by atoms with E-state index < -0.39 is 5.97 Å². The van der Waals surface area contributed by atoms with Gasteiger partial charge in [-0.25, -0.2) is 0 Å². The molecular weight excluding hydrogens is 328 g/mol. The third kappa shape index (κ3) is 17.8. The van der Waals surface area contributed by atoms with Crippen LogP contribution in [-0.2, 0) is 14.3 Å². The molecular formula is C22H42O4. The Morgan fingerprint density at radius 1 is 0.731 bits per heavy atom. The second kappa shape index (κ2) is 18.7. The van der Waals surface area contributed by atoms with Gasteiger partial charge < -0.3 is 9.84 Å². The van der Waals surface area contributed by atoms with Gasteiger partial charge in [-0.1, -0.05) is 84.5 Å². The van der Waals surface area contributed by atoms with Crippen molar-refractivity contribution >= 4 is 11.9 Å². The predicted octanol–water partition coefficient (Wildman–Crippen LogP) is 6.51. The number of carboxylic acid groups (broad SMARTS) is 1. The topological polar surface area (TPSA) is 63.6 Å². The smallest absolute Gasteiger partial charge is 0.305 e. The zero-order chi connectivity index (χ0) is 19.5. The van der Waals surface area contributed by atoms with Gasteiger partial charge in [0.2, 0.25) is 0 Å². The normalized spacial score (nSPS) is 11.0. The van der Waals surface area contributed by atoms with E-state index in [0.717, 1.165) is 19.3 Å². The van der Waals surface area contributed by atoms with Crippen molar-refractivity contribution in [2.75, 3.05) is 6.61 Å². The predicted molar refractivity (Wildman–Crippen MR) is 107 cm³/mol. The minimum atomic E-state index is -0.767. The number of hydrogen-bond donors (Lipinski definition) is 1. The van der Waals surface area contributed by atoms with E-state index in [2.05, 4.69) is 13.8 Å². The van der Waals surface area contributed by atoms with E-state index in [1.54, 1.807) is 0 Å². The van der Waals surface area contributed by atoms with Crippen LogP contribution in [0.15, 0.2) is 0 Å². The number of rotatable bonds is 19. The molecule has 0 aromatic rings. The van der Waals surface area contributed by atoms with Crippen molar-refractivity contribution in [3.63, 3.8) is 0 Å². The molecule has 154 valence electrons. The Labute approximate surface area is 161 Å². The van der Waals surface area contributed by atoms with Crippen molar-refractivity contribution in [3.05, 3.63) is 0 Å². The van der Waals surface area contributed by atoms with Crippen molar-refractivity contribution in [1.82, 2.24) is 0 Å². The quantitative estimate of drug-likeness (QED) is 0.208. The number of unbranched alkanes of at least 4 members (excludes halogenated alkanes) is 8. The lowest BCUT2D eigenvalue weighted by Crippen LogP contribution is -2.10. The van der Waals surface area contributed by atoms with E-state index in [1.165, 1.54) is 64.2 Å². The van der Waals surface area contributed by atoms with Gasteiger partial charge in [-0.05, 0) is 25.2 Å². The van der Waals surface area contributed by atoms with Gasteiger partial charge in [0.05, 0.1) is 6.61 Å². The van der Waals surface area contributed by atoms with Gasteiger partial charge in [-0.3, -0.25) is 9.59 Å². The lowest BCUT2D eigenvalue weighted by atomic mass is 9.92. The van der Waals surface area contributed by atoms with Crippen LogP contribution in [0.2, 0.25) is 0 Å². The van der Waals surface area contributed by atoms with Crippen LogP contribution in [0.25, 0.3) is 0 Å². The molecule has 1 N–H and O–H groups in total. The third-order valence-electron chi connectivity index (χ3n) is 4.99. The molecule has 0 aliphatic heterocycles. The summed E-state index contributed by atoms with van der Waals surface area (Å²) in [5, 5.41) is 8.58. The Morgan fingerprint density at radius 3 is 1.81 bits per heavy atom. The molecule has 0 rings (SSSR count). The molecule has 0 aliphatic carbocycles. The number of aliphatic carboxylic acids is 1. The fourth-order valence-corrected chi connectivity index (χ4v) is 3.29. The lowest BCUT2D eigenvalue weighted by molar-refractivity contribution is -0.144. The molecule has 0 radical (unpaired) electrons. The van der Waals surface area contributed by atoms with Crippen molar-refractivity contribution in [3.8, 4) is 0 Å². The zero-order valence-corrected chi connectivity index (χ0v) is 17.3. The molecule has 0 bridgehead atoms. The summed E-state index contributed by atoms with van der Waals surface area (Å²) in [7, 11) is 0. The van der Waals surface area contributed by atoms with Gasteiger partial charge in [0.1, 0.15) is 0 Å². The first-order valence-electron chi connectivity index (χ1n) is 11.0.